The quantitative estimate of drug-likeness (QED) is 0.833. The van der Waals surface area contributed by atoms with E-state index in [0.717, 1.165) is 19.3 Å². The number of pyridine rings is 1. The fourth-order valence-electron chi connectivity index (χ4n) is 1.95. The standard InChI is InChI=1S/C17H19N3O2/c1-2-3-5-13-7-9-14(10-8-13)19-16(21)17(22)20-15-6-4-11-18-12-15/h4,6-12H,2-3,5H2,1H3,(H,19,21)(H,20,22). The number of nitrogens with one attached hydrogen (secondary N) is 2. The van der Waals surface area contributed by atoms with Gasteiger partial charge in [0, 0.05) is 11.9 Å². The molecular formula is C17H19N3O2. The van der Waals surface area contributed by atoms with Crippen LogP contribution in [0.2, 0.25) is 0 Å². The summed E-state index contributed by atoms with van der Waals surface area (Å²) in [4.78, 5) is 27.5. The third-order valence-electron chi connectivity index (χ3n) is 3.16. The zero-order valence-corrected chi connectivity index (χ0v) is 12.5. The van der Waals surface area contributed by atoms with Gasteiger partial charge in [0.1, 0.15) is 0 Å². The highest BCUT2D eigenvalue weighted by molar-refractivity contribution is 6.43. The van der Waals surface area contributed by atoms with Crippen molar-refractivity contribution in [3.05, 3.63) is 54.4 Å². The Bertz CT molecular complexity index is 624. The zero-order valence-electron chi connectivity index (χ0n) is 12.5. The number of benzene rings is 1. The Hall–Kier alpha value is -2.69. The summed E-state index contributed by atoms with van der Waals surface area (Å²) in [6, 6.07) is 10.9. The Morgan fingerprint density at radius 2 is 1.68 bits per heavy atom. The average molecular weight is 297 g/mol. The molecule has 2 rings (SSSR count). The Morgan fingerprint density at radius 3 is 2.27 bits per heavy atom. The average Bonchev–Trinajstić information content (AvgIpc) is 2.55. The molecule has 0 bridgehead atoms. The molecule has 1 aromatic carbocycles. The van der Waals surface area contributed by atoms with Gasteiger partial charge in [0.15, 0.2) is 0 Å². The maximum atomic E-state index is 11.8. The van der Waals surface area contributed by atoms with E-state index in [-0.39, 0.29) is 0 Å². The first-order valence-electron chi connectivity index (χ1n) is 7.30. The van der Waals surface area contributed by atoms with Crippen molar-refractivity contribution in [2.24, 2.45) is 0 Å². The molecule has 0 saturated heterocycles. The van der Waals surface area contributed by atoms with Crippen LogP contribution in [0.15, 0.2) is 48.8 Å². The minimum Gasteiger partial charge on any atom is -0.318 e. The largest absolute Gasteiger partial charge is 0.318 e. The number of nitrogens with zero attached hydrogens (tertiary/aromatic N) is 1. The first-order chi connectivity index (χ1) is 10.7. The third-order valence-corrected chi connectivity index (χ3v) is 3.16. The van der Waals surface area contributed by atoms with E-state index >= 15 is 0 Å². The molecule has 0 radical (unpaired) electrons. The van der Waals surface area contributed by atoms with E-state index in [2.05, 4.69) is 22.5 Å². The van der Waals surface area contributed by atoms with Crippen LogP contribution in [0.25, 0.3) is 0 Å². The first-order valence-corrected chi connectivity index (χ1v) is 7.30. The number of hydrogen-bond donors (Lipinski definition) is 2. The van der Waals surface area contributed by atoms with Crippen LogP contribution < -0.4 is 10.6 Å². The second-order valence-corrected chi connectivity index (χ2v) is 4.95. The van der Waals surface area contributed by atoms with Gasteiger partial charge < -0.3 is 10.6 Å². The van der Waals surface area contributed by atoms with Gasteiger partial charge in [0.25, 0.3) is 0 Å². The van der Waals surface area contributed by atoms with Gasteiger partial charge in [-0.05, 0) is 42.7 Å². The topological polar surface area (TPSA) is 71.1 Å². The zero-order chi connectivity index (χ0) is 15.8. The summed E-state index contributed by atoms with van der Waals surface area (Å²) in [5, 5.41) is 5.06. The molecule has 2 N–H and O–H groups in total. The van der Waals surface area contributed by atoms with Crippen molar-refractivity contribution >= 4 is 23.2 Å². The van der Waals surface area contributed by atoms with Crippen molar-refractivity contribution < 1.29 is 9.59 Å². The lowest BCUT2D eigenvalue weighted by molar-refractivity contribution is -0.133. The van der Waals surface area contributed by atoms with E-state index in [1.165, 1.54) is 11.8 Å². The summed E-state index contributed by atoms with van der Waals surface area (Å²) >= 11 is 0. The summed E-state index contributed by atoms with van der Waals surface area (Å²) < 4.78 is 0. The lowest BCUT2D eigenvalue weighted by Crippen LogP contribution is -2.29. The number of anilines is 2. The van der Waals surface area contributed by atoms with Gasteiger partial charge in [-0.25, -0.2) is 0 Å². The molecule has 2 aromatic rings. The smallest absolute Gasteiger partial charge is 0.314 e. The lowest BCUT2D eigenvalue weighted by atomic mass is 10.1. The molecule has 5 nitrogen and oxygen atoms in total. The molecule has 0 saturated carbocycles. The van der Waals surface area contributed by atoms with Gasteiger partial charge in [0.05, 0.1) is 11.9 Å². The van der Waals surface area contributed by atoms with Gasteiger partial charge in [-0.3, -0.25) is 14.6 Å². The number of unbranched alkanes of at least 4 members (excludes halogenated alkanes) is 1. The third kappa shape index (κ3) is 4.70. The van der Waals surface area contributed by atoms with Gasteiger partial charge in [-0.15, -0.1) is 0 Å². The van der Waals surface area contributed by atoms with Crippen molar-refractivity contribution in [1.82, 2.24) is 4.98 Å². The van der Waals surface area contributed by atoms with Crippen LogP contribution in [0.1, 0.15) is 25.3 Å². The van der Waals surface area contributed by atoms with Gasteiger partial charge in [-0.2, -0.15) is 0 Å². The van der Waals surface area contributed by atoms with E-state index in [1.807, 2.05) is 12.1 Å². The Morgan fingerprint density at radius 1 is 1.00 bits per heavy atom. The molecule has 0 aliphatic carbocycles. The molecule has 1 heterocycles. The van der Waals surface area contributed by atoms with Crippen LogP contribution in [-0.4, -0.2) is 16.8 Å². The molecule has 22 heavy (non-hydrogen) atoms. The highest BCUT2D eigenvalue weighted by Gasteiger charge is 2.13. The highest BCUT2D eigenvalue weighted by atomic mass is 16.2. The highest BCUT2D eigenvalue weighted by Crippen LogP contribution is 2.12. The predicted octanol–water partition coefficient (Wildman–Crippen LogP) is 3.00. The Labute approximate surface area is 129 Å². The number of hydrogen-bond acceptors (Lipinski definition) is 3. The van der Waals surface area contributed by atoms with Crippen LogP contribution in [0, 0.1) is 0 Å². The van der Waals surface area contributed by atoms with Crippen molar-refractivity contribution in [3.8, 4) is 0 Å². The minimum absolute atomic E-state index is 0.484. The first kappa shape index (κ1) is 15.7. The van der Waals surface area contributed by atoms with Crippen molar-refractivity contribution in [2.45, 2.75) is 26.2 Å². The van der Waals surface area contributed by atoms with Crippen LogP contribution in [0.5, 0.6) is 0 Å². The molecular weight excluding hydrogens is 278 g/mol. The van der Waals surface area contributed by atoms with Gasteiger partial charge in [0.2, 0.25) is 0 Å². The van der Waals surface area contributed by atoms with E-state index in [4.69, 9.17) is 0 Å². The lowest BCUT2D eigenvalue weighted by Gasteiger charge is -2.07. The molecule has 0 aliphatic heterocycles. The fraction of sp³-hybridized carbons (Fsp3) is 0.235. The van der Waals surface area contributed by atoms with Crippen LogP contribution >= 0.6 is 0 Å². The van der Waals surface area contributed by atoms with Gasteiger partial charge >= 0.3 is 11.8 Å². The number of amides is 2. The monoisotopic (exact) mass is 297 g/mol. The summed E-state index contributed by atoms with van der Waals surface area (Å²) in [5.41, 5.74) is 2.31. The summed E-state index contributed by atoms with van der Waals surface area (Å²) in [6.07, 6.45) is 6.38. The molecule has 0 atom stereocenters. The molecule has 0 fully saturated rings. The number of rotatable bonds is 5. The van der Waals surface area contributed by atoms with Gasteiger partial charge in [-0.1, -0.05) is 25.5 Å². The second kappa shape index (κ2) is 7.93. The number of carbonyl (C=O) groups excluding carboxylic acids is 2. The fourth-order valence-corrected chi connectivity index (χ4v) is 1.95. The number of carbonyl (C=O) groups is 2. The van der Waals surface area contributed by atoms with Crippen LogP contribution in [0.3, 0.4) is 0 Å². The SMILES string of the molecule is CCCCc1ccc(NC(=O)C(=O)Nc2cccnc2)cc1. The van der Waals surface area contributed by atoms with E-state index < -0.39 is 11.8 Å². The van der Waals surface area contributed by atoms with Crippen LogP contribution in [0.4, 0.5) is 11.4 Å². The molecule has 0 unspecified atom stereocenters. The summed E-state index contributed by atoms with van der Waals surface area (Å²) in [7, 11) is 0. The summed E-state index contributed by atoms with van der Waals surface area (Å²) in [6.45, 7) is 2.15. The number of aryl methyl sites for hydroxylation is 1. The minimum atomic E-state index is -0.719. The molecule has 2 amide bonds. The van der Waals surface area contributed by atoms with Crippen molar-refractivity contribution in [3.63, 3.8) is 0 Å². The molecule has 114 valence electrons. The van der Waals surface area contributed by atoms with E-state index in [9.17, 15) is 9.59 Å². The maximum Gasteiger partial charge on any atom is 0.314 e. The number of aromatic nitrogens is 1. The molecule has 5 heteroatoms. The summed E-state index contributed by atoms with van der Waals surface area (Å²) in [5.74, 6) is -1.42. The maximum absolute atomic E-state index is 11.8. The van der Waals surface area contributed by atoms with Crippen molar-refractivity contribution in [1.29, 1.82) is 0 Å². The van der Waals surface area contributed by atoms with E-state index in [1.54, 1.807) is 30.5 Å². The Balaban J connectivity index is 1.89. The van der Waals surface area contributed by atoms with Crippen molar-refractivity contribution in [2.75, 3.05) is 10.6 Å². The van der Waals surface area contributed by atoms with Crippen LogP contribution in [-0.2, 0) is 16.0 Å². The Kier molecular flexibility index (Phi) is 5.65. The predicted molar refractivity (Wildman–Crippen MR) is 86.6 cm³/mol. The normalized spacial score (nSPS) is 10.0. The molecule has 1 aromatic heterocycles. The molecule has 0 aliphatic rings. The molecule has 0 spiro atoms. The van der Waals surface area contributed by atoms with E-state index in [0.29, 0.717) is 11.4 Å². The second-order valence-electron chi connectivity index (χ2n) is 4.95.